The van der Waals surface area contributed by atoms with Crippen LogP contribution < -0.4 is 5.32 Å². The molecule has 0 unspecified atom stereocenters. The molecule has 25 heavy (non-hydrogen) atoms. The number of aryl methyl sites for hydroxylation is 2. The van der Waals surface area contributed by atoms with Crippen LogP contribution in [0.4, 0.5) is 11.4 Å². The van der Waals surface area contributed by atoms with Crippen LogP contribution in [0, 0.1) is 6.92 Å². The lowest BCUT2D eigenvalue weighted by Crippen LogP contribution is -1.99. The molecule has 0 saturated carbocycles. The molecule has 0 spiro atoms. The molecule has 2 heterocycles. The van der Waals surface area contributed by atoms with Crippen LogP contribution in [0.2, 0.25) is 0 Å². The maximum Gasteiger partial charge on any atom is 0.0726 e. The highest BCUT2D eigenvalue weighted by molar-refractivity contribution is 7.99. The van der Waals surface area contributed by atoms with Crippen molar-refractivity contribution < 1.29 is 0 Å². The third kappa shape index (κ3) is 2.38. The number of benzene rings is 3. The Morgan fingerprint density at radius 2 is 1.88 bits per heavy atom. The molecule has 0 amide bonds. The highest BCUT2D eigenvalue weighted by Gasteiger charge is 2.19. The maximum absolute atomic E-state index is 4.67. The lowest BCUT2D eigenvalue weighted by molar-refractivity contribution is 1.16. The predicted molar refractivity (Wildman–Crippen MR) is 108 cm³/mol. The summed E-state index contributed by atoms with van der Waals surface area (Å²) in [6.07, 6.45) is 3.09. The van der Waals surface area contributed by atoms with E-state index in [0.717, 1.165) is 23.4 Å². The van der Waals surface area contributed by atoms with Gasteiger partial charge in [-0.2, -0.15) is 0 Å². The minimum atomic E-state index is 1.08. The number of anilines is 2. The van der Waals surface area contributed by atoms with Gasteiger partial charge in [-0.15, -0.1) is 11.8 Å². The van der Waals surface area contributed by atoms with Crippen LogP contribution in [-0.2, 0) is 6.42 Å². The van der Waals surface area contributed by atoms with Crippen LogP contribution in [0.1, 0.15) is 11.1 Å². The van der Waals surface area contributed by atoms with Crippen molar-refractivity contribution >= 4 is 44.8 Å². The average molecular weight is 342 g/mol. The normalized spacial score (nSPS) is 13.3. The topological polar surface area (TPSA) is 24.9 Å². The quantitative estimate of drug-likeness (QED) is 0.477. The van der Waals surface area contributed by atoms with Crippen molar-refractivity contribution in [2.45, 2.75) is 18.2 Å². The van der Waals surface area contributed by atoms with Crippen molar-refractivity contribution in [2.75, 3.05) is 11.1 Å². The maximum atomic E-state index is 4.67. The fourth-order valence-corrected chi connectivity index (χ4v) is 4.78. The number of hydrogen-bond donors (Lipinski definition) is 1. The Bertz CT molecular complexity index is 1110. The van der Waals surface area contributed by atoms with Crippen molar-refractivity contribution in [1.29, 1.82) is 0 Å². The molecule has 3 heteroatoms. The molecule has 1 aromatic heterocycles. The van der Waals surface area contributed by atoms with Crippen LogP contribution in [-0.4, -0.2) is 10.7 Å². The van der Waals surface area contributed by atoms with Gasteiger partial charge < -0.3 is 5.32 Å². The molecule has 2 nitrogen and oxygen atoms in total. The lowest BCUT2D eigenvalue weighted by atomic mass is 10.0. The van der Waals surface area contributed by atoms with E-state index in [0.29, 0.717) is 0 Å². The van der Waals surface area contributed by atoms with E-state index in [9.17, 15) is 0 Å². The van der Waals surface area contributed by atoms with E-state index in [2.05, 4.69) is 71.8 Å². The van der Waals surface area contributed by atoms with Crippen molar-refractivity contribution in [3.05, 3.63) is 71.9 Å². The van der Waals surface area contributed by atoms with E-state index in [1.807, 2.05) is 18.0 Å². The summed E-state index contributed by atoms with van der Waals surface area (Å²) >= 11 is 1.95. The molecular formula is C22H18N2S. The van der Waals surface area contributed by atoms with Crippen molar-refractivity contribution in [2.24, 2.45) is 0 Å². The molecule has 0 aliphatic carbocycles. The number of nitrogens with zero attached hydrogens (tertiary/aromatic N) is 1. The van der Waals surface area contributed by atoms with E-state index in [1.54, 1.807) is 0 Å². The zero-order valence-electron chi connectivity index (χ0n) is 14.0. The molecule has 1 aliphatic rings. The number of hydrogen-bond acceptors (Lipinski definition) is 3. The van der Waals surface area contributed by atoms with Gasteiger partial charge in [0.15, 0.2) is 0 Å². The van der Waals surface area contributed by atoms with Crippen molar-refractivity contribution in [3.8, 4) is 0 Å². The lowest BCUT2D eigenvalue weighted by Gasteiger charge is -2.16. The van der Waals surface area contributed by atoms with Gasteiger partial charge in [0.1, 0.15) is 0 Å². The van der Waals surface area contributed by atoms with Crippen LogP contribution in [0.25, 0.3) is 21.7 Å². The summed E-state index contributed by atoms with van der Waals surface area (Å²) < 4.78 is 0. The van der Waals surface area contributed by atoms with Crippen LogP contribution in [0.3, 0.4) is 0 Å². The van der Waals surface area contributed by atoms with Gasteiger partial charge in [-0.05, 0) is 48.1 Å². The summed E-state index contributed by atoms with van der Waals surface area (Å²) in [6.45, 7) is 2.14. The molecule has 4 aromatic rings. The summed E-state index contributed by atoms with van der Waals surface area (Å²) in [7, 11) is 0. The Labute approximate surface area is 151 Å². The molecule has 3 aromatic carbocycles. The van der Waals surface area contributed by atoms with Gasteiger partial charge in [0.05, 0.1) is 11.2 Å². The second kappa shape index (κ2) is 5.78. The zero-order chi connectivity index (χ0) is 16.8. The molecule has 1 aliphatic heterocycles. The van der Waals surface area contributed by atoms with E-state index < -0.39 is 0 Å². The molecule has 0 atom stereocenters. The second-order valence-electron chi connectivity index (χ2n) is 6.50. The summed E-state index contributed by atoms with van der Waals surface area (Å²) in [4.78, 5) is 6.08. The SMILES string of the molecule is Cc1cnc2ccc3c(c2c1Nc1cccc2ccccc12)CCS3. The van der Waals surface area contributed by atoms with E-state index in [1.165, 1.54) is 37.9 Å². The zero-order valence-corrected chi connectivity index (χ0v) is 14.9. The first kappa shape index (κ1) is 14.8. The van der Waals surface area contributed by atoms with E-state index >= 15 is 0 Å². The first-order chi connectivity index (χ1) is 12.3. The molecular weight excluding hydrogens is 324 g/mol. The van der Waals surface area contributed by atoms with Gasteiger partial charge in [0.2, 0.25) is 0 Å². The smallest absolute Gasteiger partial charge is 0.0726 e. The molecule has 1 N–H and O–H groups in total. The fourth-order valence-electron chi connectivity index (χ4n) is 3.71. The Morgan fingerprint density at radius 1 is 1.00 bits per heavy atom. The second-order valence-corrected chi connectivity index (χ2v) is 7.64. The Hall–Kier alpha value is -2.52. The van der Waals surface area contributed by atoms with Crippen LogP contribution in [0.5, 0.6) is 0 Å². The monoisotopic (exact) mass is 342 g/mol. The third-order valence-electron chi connectivity index (χ3n) is 4.95. The average Bonchev–Trinajstić information content (AvgIpc) is 3.13. The highest BCUT2D eigenvalue weighted by atomic mass is 32.2. The minimum Gasteiger partial charge on any atom is -0.354 e. The summed E-state index contributed by atoms with van der Waals surface area (Å²) in [5, 5.41) is 7.53. The van der Waals surface area contributed by atoms with Gasteiger partial charge in [-0.3, -0.25) is 4.98 Å². The summed E-state index contributed by atoms with van der Waals surface area (Å²) in [5.74, 6) is 1.16. The van der Waals surface area contributed by atoms with Crippen molar-refractivity contribution in [1.82, 2.24) is 4.98 Å². The fraction of sp³-hybridized carbons (Fsp3) is 0.136. The van der Waals surface area contributed by atoms with Crippen molar-refractivity contribution in [3.63, 3.8) is 0 Å². The largest absolute Gasteiger partial charge is 0.354 e. The minimum absolute atomic E-state index is 1.08. The van der Waals surface area contributed by atoms with Gasteiger partial charge >= 0.3 is 0 Å². The number of aromatic nitrogens is 1. The van der Waals surface area contributed by atoms with Gasteiger partial charge in [0.25, 0.3) is 0 Å². The van der Waals surface area contributed by atoms with Crippen LogP contribution in [0.15, 0.2) is 65.7 Å². The van der Waals surface area contributed by atoms with E-state index in [4.69, 9.17) is 0 Å². The Morgan fingerprint density at radius 3 is 2.84 bits per heavy atom. The van der Waals surface area contributed by atoms with Gasteiger partial charge in [0, 0.05) is 33.3 Å². The van der Waals surface area contributed by atoms with Gasteiger partial charge in [-0.1, -0.05) is 36.4 Å². The standard InChI is InChI=1S/C22H18N2S/c1-14-13-23-19-9-10-20-17(11-12-25-20)21(19)22(14)24-18-8-4-6-15-5-2-3-7-16(15)18/h2-10,13H,11-12H2,1H3,(H,23,24). The molecule has 0 bridgehead atoms. The van der Waals surface area contributed by atoms with Gasteiger partial charge in [-0.25, -0.2) is 0 Å². The number of fused-ring (bicyclic) bond motifs is 4. The predicted octanol–water partition coefficient (Wildman–Crippen LogP) is 6.09. The molecule has 0 saturated heterocycles. The number of thioether (sulfide) groups is 1. The number of nitrogens with one attached hydrogen (secondary N) is 1. The molecule has 122 valence electrons. The Kier molecular flexibility index (Phi) is 3.42. The van der Waals surface area contributed by atoms with Crippen LogP contribution >= 0.6 is 11.8 Å². The number of pyridine rings is 1. The molecule has 5 rings (SSSR count). The molecule has 0 fully saturated rings. The Balaban J connectivity index is 1.75. The highest BCUT2D eigenvalue weighted by Crippen LogP contribution is 2.41. The first-order valence-electron chi connectivity index (χ1n) is 8.60. The van der Waals surface area contributed by atoms with E-state index in [-0.39, 0.29) is 0 Å². The molecule has 0 radical (unpaired) electrons. The summed E-state index contributed by atoms with van der Waals surface area (Å²) in [6, 6.07) is 19.3. The number of rotatable bonds is 2. The first-order valence-corrected chi connectivity index (χ1v) is 9.58. The third-order valence-corrected chi connectivity index (χ3v) is 6.05. The summed E-state index contributed by atoms with van der Waals surface area (Å²) in [5.41, 5.74) is 6.06.